The average molecular weight is 701 g/mol. The van der Waals surface area contributed by atoms with Gasteiger partial charge in [0.1, 0.15) is 11.2 Å². The lowest BCUT2D eigenvalue weighted by Crippen LogP contribution is -1.91. The van der Waals surface area contributed by atoms with Crippen LogP contribution in [0.4, 0.5) is 0 Å². The smallest absolute Gasteiger partial charge is 0.143 e. The third kappa shape index (κ3) is 4.71. The highest BCUT2D eigenvalue weighted by molar-refractivity contribution is 6.22. The van der Waals surface area contributed by atoms with E-state index in [9.17, 15) is 12.3 Å². The zero-order valence-electron chi connectivity index (χ0n) is 54.7. The molecule has 0 aliphatic rings. The van der Waals surface area contributed by atoms with Gasteiger partial charge in [0.05, 0.1) is 38.4 Å². The minimum atomic E-state index is -0.950. The third-order valence-electron chi connectivity index (χ3n) is 8.94. The van der Waals surface area contributed by atoms with Crippen molar-refractivity contribution in [3.05, 3.63) is 193 Å². The van der Waals surface area contributed by atoms with Crippen LogP contribution in [0.25, 0.3) is 110 Å². The quantitative estimate of drug-likeness (QED) is 0.167. The molecule has 10 aromatic carbocycles. The number of furan rings is 1. The van der Waals surface area contributed by atoms with Gasteiger partial charge in [-0.15, -0.1) is 0 Å². The molecule has 1 heteroatoms. The highest BCUT2D eigenvalue weighted by atomic mass is 16.3. The van der Waals surface area contributed by atoms with Gasteiger partial charge in [-0.05, 0) is 106 Å². The molecule has 0 bridgehead atoms. The maximum atomic E-state index is 10.2. The molecule has 0 unspecified atom stereocenters. The Bertz CT molecular complexity index is 4750. The Morgan fingerprint density at radius 3 is 1.62 bits per heavy atom. The minimum Gasteiger partial charge on any atom is -0.455 e. The van der Waals surface area contributed by atoms with Crippen LogP contribution in [0.15, 0.2) is 198 Å². The third-order valence-corrected chi connectivity index (χ3v) is 8.94. The highest BCUT2D eigenvalue weighted by Crippen LogP contribution is 2.45. The minimum absolute atomic E-state index is 0.150. The van der Waals surface area contributed by atoms with E-state index < -0.39 is 246 Å². The van der Waals surface area contributed by atoms with Crippen LogP contribution in [0.5, 0.6) is 0 Å². The Morgan fingerprint density at radius 2 is 0.887 bits per heavy atom. The number of rotatable bonds is 4. The van der Waals surface area contributed by atoms with Crippen molar-refractivity contribution in [3.63, 3.8) is 0 Å². The summed E-state index contributed by atoms with van der Waals surface area (Å²) in [5.41, 5.74) is -5.38. The molecule has 1 heterocycles. The lowest BCUT2D eigenvalue weighted by atomic mass is 9.85. The van der Waals surface area contributed by atoms with Crippen molar-refractivity contribution in [2.75, 3.05) is 0 Å². The molecule has 0 amide bonds. The SMILES string of the molecule is [2H]c1cc2c(-c3c([2H])c([2H])c4c([2H])c([2H])c([2H])c([2H])c4c3[2H])c3cc([2H])c([2H])cc3c(-c3c([2H])c([2H])c4c([2H])c([2H])c([2H])c(-c5c([2H])c([2H])c6oc7c(-c8c([2H])c([2H])c([2H])c([2H])c8[2H])c([2H])c([2H])c([2H])c7c6c5[2H])c4c3[2H])c2cc1[2H]. The number of hydrogen-bond donors (Lipinski definition) is 0. The number of fused-ring (bicyclic) bond motifs is 7. The molecule has 0 radical (unpaired) electrons. The van der Waals surface area contributed by atoms with E-state index in [1.54, 1.807) is 0 Å². The summed E-state index contributed by atoms with van der Waals surface area (Å²) < 4.78 is 258. The van der Waals surface area contributed by atoms with Crippen LogP contribution in [0, 0.1) is 0 Å². The van der Waals surface area contributed by atoms with Crippen LogP contribution in [0.3, 0.4) is 0 Å². The molecule has 11 rings (SSSR count). The topological polar surface area (TPSA) is 13.1 Å². The summed E-state index contributed by atoms with van der Waals surface area (Å²) in [6.45, 7) is 0. The van der Waals surface area contributed by atoms with E-state index >= 15 is 0 Å². The van der Waals surface area contributed by atoms with E-state index in [0.717, 1.165) is 24.3 Å². The van der Waals surface area contributed by atoms with Crippen LogP contribution < -0.4 is 0 Å². The molecule has 0 aliphatic carbocycles. The standard InChI is InChI=1S/C52H32O/c1-2-13-34(14-3-1)41-22-11-23-46-48-31-37(28-29-49(48)53-52(41)46)40-21-10-16-35-25-27-39(32-47(35)40)51-44-19-8-6-17-42(44)50(43-18-7-9-20-45(43)51)38-26-24-33-12-4-5-15-36(33)30-38/h1-32H/i1D,2D,3D,4D,5D,6D,7D,8D,9D,10D,11D,12D,13D,14D,15D,16D,21D,22D,23D,24D,25D,26D,27D,28D,29D,30D,31D,32D. The maximum absolute atomic E-state index is 10.2. The first-order valence-electron chi connectivity index (χ1n) is 30.0. The van der Waals surface area contributed by atoms with Gasteiger partial charge in [0.2, 0.25) is 0 Å². The first-order valence-corrected chi connectivity index (χ1v) is 16.0. The Hall–Kier alpha value is -6.96. The summed E-state index contributed by atoms with van der Waals surface area (Å²) in [4.78, 5) is 0. The van der Waals surface area contributed by atoms with Crippen molar-refractivity contribution in [1.82, 2.24) is 0 Å². The molecule has 53 heavy (non-hydrogen) atoms. The van der Waals surface area contributed by atoms with Gasteiger partial charge >= 0.3 is 0 Å². The average Bonchev–Trinajstić information content (AvgIpc) is 4.10. The van der Waals surface area contributed by atoms with Gasteiger partial charge in [-0.2, -0.15) is 0 Å². The fraction of sp³-hybridized carbons (Fsp3) is 0. The molecule has 11 aromatic rings. The van der Waals surface area contributed by atoms with Crippen molar-refractivity contribution in [2.45, 2.75) is 0 Å². The Balaban J connectivity index is 1.32. The second kappa shape index (κ2) is 11.8. The summed E-state index contributed by atoms with van der Waals surface area (Å²) >= 11 is 0. The van der Waals surface area contributed by atoms with E-state index in [1.165, 1.54) is 0 Å². The molecule has 0 aliphatic heterocycles. The Kier molecular flexibility index (Phi) is 2.94. The lowest BCUT2D eigenvalue weighted by Gasteiger charge is -2.18. The van der Waals surface area contributed by atoms with Crippen LogP contribution in [-0.4, -0.2) is 0 Å². The van der Waals surface area contributed by atoms with Gasteiger partial charge < -0.3 is 4.42 Å². The lowest BCUT2D eigenvalue weighted by molar-refractivity contribution is 0.670. The maximum Gasteiger partial charge on any atom is 0.143 e. The summed E-state index contributed by atoms with van der Waals surface area (Å²) in [5.74, 6) is 0. The van der Waals surface area contributed by atoms with Gasteiger partial charge in [0.25, 0.3) is 0 Å². The van der Waals surface area contributed by atoms with Crippen LogP contribution >= 0.6 is 0 Å². The number of benzene rings is 10. The molecule has 0 spiro atoms. The Labute approximate surface area is 346 Å². The highest BCUT2D eigenvalue weighted by Gasteiger charge is 2.18. The second-order valence-corrected chi connectivity index (χ2v) is 11.8. The Morgan fingerprint density at radius 1 is 0.321 bits per heavy atom. The molecule has 1 nitrogen and oxygen atoms in total. The molecule has 1 aromatic heterocycles. The van der Waals surface area contributed by atoms with Crippen molar-refractivity contribution in [1.29, 1.82) is 0 Å². The summed E-state index contributed by atoms with van der Waals surface area (Å²) in [7, 11) is 0. The first kappa shape index (κ1) is 13.2. The predicted molar refractivity (Wildman–Crippen MR) is 225 cm³/mol. The molecule has 0 fully saturated rings. The summed E-state index contributed by atoms with van der Waals surface area (Å²) in [6, 6.07) is -17.3. The molecule has 246 valence electrons. The molecule has 0 N–H and O–H groups in total. The predicted octanol–water partition coefficient (Wildman–Crippen LogP) is 14.9. The van der Waals surface area contributed by atoms with Crippen LogP contribution in [0.1, 0.15) is 38.4 Å². The van der Waals surface area contributed by atoms with Gasteiger partial charge in [0.15, 0.2) is 0 Å². The van der Waals surface area contributed by atoms with Crippen molar-refractivity contribution >= 4 is 65.0 Å². The normalized spacial score (nSPS) is 19.2. The molecular formula is C52H32O. The van der Waals surface area contributed by atoms with Crippen molar-refractivity contribution in [3.8, 4) is 44.5 Å². The molecule has 0 saturated carbocycles. The number of para-hydroxylation sites is 1. The second-order valence-electron chi connectivity index (χ2n) is 11.8. The van der Waals surface area contributed by atoms with Gasteiger partial charge in [-0.25, -0.2) is 0 Å². The van der Waals surface area contributed by atoms with Crippen LogP contribution in [0.2, 0.25) is 0 Å². The van der Waals surface area contributed by atoms with E-state index in [-0.39, 0.29) is 32.7 Å². The van der Waals surface area contributed by atoms with E-state index in [0.29, 0.717) is 0 Å². The van der Waals surface area contributed by atoms with Gasteiger partial charge in [-0.3, -0.25) is 0 Å². The molecule has 0 saturated heterocycles. The largest absolute Gasteiger partial charge is 0.455 e. The van der Waals surface area contributed by atoms with E-state index in [4.69, 9.17) is 30.5 Å². The molecule has 0 atom stereocenters. The summed E-state index contributed by atoms with van der Waals surface area (Å²) in [5, 5.41) is -3.87. The van der Waals surface area contributed by atoms with E-state index in [2.05, 4.69) is 0 Å². The monoisotopic (exact) mass is 700 g/mol. The van der Waals surface area contributed by atoms with Crippen molar-refractivity contribution < 1.29 is 42.8 Å². The molecular weight excluding hydrogens is 641 g/mol. The first-order chi connectivity index (χ1) is 37.9. The fourth-order valence-electron chi connectivity index (χ4n) is 6.65. The summed E-state index contributed by atoms with van der Waals surface area (Å²) in [6.07, 6.45) is 0. The van der Waals surface area contributed by atoms with Crippen molar-refractivity contribution in [2.24, 2.45) is 0 Å². The zero-order chi connectivity index (χ0) is 59.2. The fourth-order valence-corrected chi connectivity index (χ4v) is 6.65. The van der Waals surface area contributed by atoms with Gasteiger partial charge in [-0.1, -0.05) is 169 Å². The number of hydrogen-bond acceptors (Lipinski definition) is 1. The van der Waals surface area contributed by atoms with Crippen LogP contribution in [-0.2, 0) is 0 Å². The zero-order valence-corrected chi connectivity index (χ0v) is 26.7. The van der Waals surface area contributed by atoms with E-state index in [1.807, 2.05) is 0 Å². The van der Waals surface area contributed by atoms with Gasteiger partial charge in [0, 0.05) is 16.3 Å².